The average Bonchev–Trinajstić information content (AvgIpc) is 2.32. The van der Waals surface area contributed by atoms with Crippen molar-refractivity contribution in [1.29, 1.82) is 0 Å². The topological polar surface area (TPSA) is 46.2 Å². The van der Waals surface area contributed by atoms with Crippen molar-refractivity contribution in [3.8, 4) is 0 Å². The smallest absolute Gasteiger partial charge is 0.191 e. The molecular formula is C13H13NO2. The van der Waals surface area contributed by atoms with Crippen molar-refractivity contribution >= 4 is 11.6 Å². The van der Waals surface area contributed by atoms with Crippen LogP contribution >= 0.6 is 0 Å². The molecule has 0 atom stereocenters. The molecule has 0 amide bonds. The van der Waals surface area contributed by atoms with Gasteiger partial charge < -0.3 is 5.32 Å². The number of fused-ring (bicyclic) bond motifs is 1. The predicted octanol–water partition coefficient (Wildman–Crippen LogP) is 1.60. The monoisotopic (exact) mass is 215 g/mol. The van der Waals surface area contributed by atoms with Crippen LogP contribution in [0.5, 0.6) is 0 Å². The van der Waals surface area contributed by atoms with Crippen LogP contribution in [0.15, 0.2) is 35.9 Å². The molecule has 0 saturated carbocycles. The Hall–Kier alpha value is -1.74. The summed E-state index contributed by atoms with van der Waals surface area (Å²) in [6, 6.07) is 6.94. The lowest BCUT2D eigenvalue weighted by Crippen LogP contribution is -2.25. The molecule has 0 aromatic heterocycles. The van der Waals surface area contributed by atoms with E-state index in [1.807, 2.05) is 6.92 Å². The molecule has 3 heteroatoms. The number of carbonyl (C=O) groups is 2. The minimum Gasteiger partial charge on any atom is -0.313 e. The maximum absolute atomic E-state index is 12.0. The van der Waals surface area contributed by atoms with Gasteiger partial charge in [-0.2, -0.15) is 0 Å². The van der Waals surface area contributed by atoms with Crippen LogP contribution in [-0.4, -0.2) is 24.7 Å². The van der Waals surface area contributed by atoms with Gasteiger partial charge in [-0.3, -0.25) is 9.59 Å². The quantitative estimate of drug-likeness (QED) is 0.833. The fourth-order valence-electron chi connectivity index (χ4n) is 1.76. The van der Waals surface area contributed by atoms with E-state index in [1.165, 1.54) is 6.08 Å². The van der Waals surface area contributed by atoms with E-state index < -0.39 is 0 Å². The SMILES string of the molecule is CCNCC1=CC(=O)c2ccccc2C1=O. The van der Waals surface area contributed by atoms with Gasteiger partial charge in [0.15, 0.2) is 11.6 Å². The zero-order chi connectivity index (χ0) is 11.5. The number of carbonyl (C=O) groups excluding carboxylic acids is 2. The molecule has 3 nitrogen and oxygen atoms in total. The van der Waals surface area contributed by atoms with Crippen LogP contribution in [0.4, 0.5) is 0 Å². The molecule has 16 heavy (non-hydrogen) atoms. The summed E-state index contributed by atoms with van der Waals surface area (Å²) in [5, 5.41) is 3.06. The number of hydrogen-bond donors (Lipinski definition) is 1. The summed E-state index contributed by atoms with van der Waals surface area (Å²) in [7, 11) is 0. The van der Waals surface area contributed by atoms with Gasteiger partial charge in [0.05, 0.1) is 0 Å². The third-order valence-electron chi connectivity index (χ3n) is 2.60. The van der Waals surface area contributed by atoms with Crippen LogP contribution in [-0.2, 0) is 0 Å². The Balaban J connectivity index is 2.36. The average molecular weight is 215 g/mol. The summed E-state index contributed by atoms with van der Waals surface area (Å²) < 4.78 is 0. The van der Waals surface area contributed by atoms with E-state index in [4.69, 9.17) is 0 Å². The highest BCUT2D eigenvalue weighted by Gasteiger charge is 2.24. The lowest BCUT2D eigenvalue weighted by Gasteiger charge is -2.14. The molecule has 1 aromatic rings. The first-order valence-electron chi connectivity index (χ1n) is 5.33. The Kier molecular flexibility index (Phi) is 2.97. The number of nitrogens with one attached hydrogen (secondary N) is 1. The molecule has 1 N–H and O–H groups in total. The predicted molar refractivity (Wildman–Crippen MR) is 61.7 cm³/mol. The molecule has 0 fully saturated rings. The maximum Gasteiger partial charge on any atom is 0.191 e. The fraction of sp³-hybridized carbons (Fsp3) is 0.231. The van der Waals surface area contributed by atoms with Crippen LogP contribution in [0.2, 0.25) is 0 Å². The minimum absolute atomic E-state index is 0.0452. The third-order valence-corrected chi connectivity index (χ3v) is 2.60. The summed E-state index contributed by atoms with van der Waals surface area (Å²) in [4.78, 5) is 23.8. The van der Waals surface area contributed by atoms with E-state index in [-0.39, 0.29) is 11.6 Å². The number of ketones is 2. The Labute approximate surface area is 94.2 Å². The summed E-state index contributed by atoms with van der Waals surface area (Å²) in [6.45, 7) is 3.19. The van der Waals surface area contributed by atoms with Crippen molar-refractivity contribution < 1.29 is 9.59 Å². The highest BCUT2D eigenvalue weighted by Crippen LogP contribution is 2.20. The Morgan fingerprint density at radius 3 is 2.50 bits per heavy atom. The number of benzene rings is 1. The molecule has 0 spiro atoms. The van der Waals surface area contributed by atoms with Crippen LogP contribution in [0.1, 0.15) is 27.6 Å². The van der Waals surface area contributed by atoms with Gasteiger partial charge in [0.1, 0.15) is 0 Å². The van der Waals surface area contributed by atoms with E-state index in [0.29, 0.717) is 23.2 Å². The summed E-state index contributed by atoms with van der Waals surface area (Å²) in [5.74, 6) is -0.126. The molecule has 1 aliphatic carbocycles. The van der Waals surface area contributed by atoms with Crippen molar-refractivity contribution in [1.82, 2.24) is 5.32 Å². The van der Waals surface area contributed by atoms with E-state index in [9.17, 15) is 9.59 Å². The lowest BCUT2D eigenvalue weighted by atomic mass is 9.89. The standard InChI is InChI=1S/C13H13NO2/c1-2-14-8-9-7-12(15)10-5-3-4-6-11(10)13(9)16/h3-7,14H,2,8H2,1H3. The first-order valence-corrected chi connectivity index (χ1v) is 5.33. The second-order valence-corrected chi connectivity index (χ2v) is 3.69. The van der Waals surface area contributed by atoms with Gasteiger partial charge in [-0.05, 0) is 12.6 Å². The minimum atomic E-state index is -0.0805. The molecule has 0 aliphatic heterocycles. The van der Waals surface area contributed by atoms with E-state index in [1.54, 1.807) is 24.3 Å². The van der Waals surface area contributed by atoms with Crippen LogP contribution in [0, 0.1) is 0 Å². The molecule has 0 saturated heterocycles. The zero-order valence-electron chi connectivity index (χ0n) is 9.12. The Morgan fingerprint density at radius 1 is 1.12 bits per heavy atom. The zero-order valence-corrected chi connectivity index (χ0v) is 9.12. The summed E-state index contributed by atoms with van der Waals surface area (Å²) in [5.41, 5.74) is 1.57. The molecule has 1 aliphatic rings. The van der Waals surface area contributed by atoms with Gasteiger partial charge in [-0.15, -0.1) is 0 Å². The molecule has 0 unspecified atom stereocenters. The van der Waals surface area contributed by atoms with Crippen molar-refractivity contribution in [3.63, 3.8) is 0 Å². The van der Waals surface area contributed by atoms with Crippen molar-refractivity contribution in [2.24, 2.45) is 0 Å². The van der Waals surface area contributed by atoms with Gasteiger partial charge >= 0.3 is 0 Å². The molecule has 0 radical (unpaired) electrons. The van der Waals surface area contributed by atoms with Gasteiger partial charge in [0.25, 0.3) is 0 Å². The molecule has 1 aromatic carbocycles. The first kappa shape index (κ1) is 10.8. The molecular weight excluding hydrogens is 202 g/mol. The van der Waals surface area contributed by atoms with E-state index >= 15 is 0 Å². The van der Waals surface area contributed by atoms with Gasteiger partial charge in [0, 0.05) is 23.2 Å². The maximum atomic E-state index is 12.0. The normalized spacial score (nSPS) is 14.7. The second-order valence-electron chi connectivity index (χ2n) is 3.69. The van der Waals surface area contributed by atoms with Crippen molar-refractivity contribution in [2.45, 2.75) is 6.92 Å². The van der Waals surface area contributed by atoms with E-state index in [2.05, 4.69) is 5.32 Å². The summed E-state index contributed by atoms with van der Waals surface area (Å²) in [6.07, 6.45) is 1.44. The Bertz CT molecular complexity index is 475. The molecule has 82 valence electrons. The largest absolute Gasteiger partial charge is 0.313 e. The third kappa shape index (κ3) is 1.82. The van der Waals surface area contributed by atoms with Crippen molar-refractivity contribution in [3.05, 3.63) is 47.0 Å². The number of likely N-dealkylation sites (N-methyl/N-ethyl adjacent to an activating group) is 1. The Morgan fingerprint density at radius 2 is 1.81 bits per heavy atom. The lowest BCUT2D eigenvalue weighted by molar-refractivity contribution is 0.0982. The number of Topliss-reactive ketones (excluding diaryl/α,β-unsaturated/α-hetero) is 1. The molecule has 0 bridgehead atoms. The van der Waals surface area contributed by atoms with Crippen LogP contribution in [0.3, 0.4) is 0 Å². The van der Waals surface area contributed by atoms with Gasteiger partial charge in [-0.25, -0.2) is 0 Å². The fourth-order valence-corrected chi connectivity index (χ4v) is 1.76. The number of rotatable bonds is 3. The highest BCUT2D eigenvalue weighted by atomic mass is 16.1. The van der Waals surface area contributed by atoms with Gasteiger partial charge in [0.2, 0.25) is 0 Å². The van der Waals surface area contributed by atoms with E-state index in [0.717, 1.165) is 6.54 Å². The van der Waals surface area contributed by atoms with Crippen LogP contribution < -0.4 is 5.32 Å². The number of allylic oxidation sites excluding steroid dienone is 1. The van der Waals surface area contributed by atoms with Gasteiger partial charge in [-0.1, -0.05) is 31.2 Å². The highest BCUT2D eigenvalue weighted by molar-refractivity contribution is 6.24. The molecule has 0 heterocycles. The summed E-state index contributed by atoms with van der Waals surface area (Å²) >= 11 is 0. The second kappa shape index (κ2) is 4.41. The molecule has 2 rings (SSSR count). The first-order chi connectivity index (χ1) is 7.74. The number of hydrogen-bond acceptors (Lipinski definition) is 3. The van der Waals surface area contributed by atoms with Crippen LogP contribution in [0.25, 0.3) is 0 Å². The van der Waals surface area contributed by atoms with Crippen molar-refractivity contribution in [2.75, 3.05) is 13.1 Å².